The highest BCUT2D eigenvalue weighted by molar-refractivity contribution is 5.36. The van der Waals surface area contributed by atoms with E-state index < -0.39 is 0 Å². The third kappa shape index (κ3) is 3.32. The lowest BCUT2D eigenvalue weighted by Gasteiger charge is -2.37. The highest BCUT2D eigenvalue weighted by Gasteiger charge is 2.33. The lowest BCUT2D eigenvalue weighted by molar-refractivity contribution is -0.00643. The van der Waals surface area contributed by atoms with Gasteiger partial charge in [-0.1, -0.05) is 51.0 Å². The van der Waals surface area contributed by atoms with Gasteiger partial charge < -0.3 is 10.1 Å². The molecular formula is C19H29NO. The van der Waals surface area contributed by atoms with Crippen LogP contribution < -0.4 is 5.32 Å². The molecular weight excluding hydrogens is 258 g/mol. The summed E-state index contributed by atoms with van der Waals surface area (Å²) in [4.78, 5) is 0. The van der Waals surface area contributed by atoms with E-state index in [9.17, 15) is 0 Å². The molecule has 0 spiro atoms. The summed E-state index contributed by atoms with van der Waals surface area (Å²) < 4.78 is 6.40. The number of likely N-dealkylation sites (N-methyl/N-ethyl adjacent to an activating group) is 1. The molecule has 0 radical (unpaired) electrons. The molecule has 0 amide bonds. The monoisotopic (exact) mass is 287 g/mol. The van der Waals surface area contributed by atoms with Crippen LogP contribution in [0.2, 0.25) is 0 Å². The summed E-state index contributed by atoms with van der Waals surface area (Å²) in [6.07, 6.45) is 7.00. The second-order valence-electron chi connectivity index (χ2n) is 6.82. The van der Waals surface area contributed by atoms with E-state index in [2.05, 4.69) is 43.4 Å². The summed E-state index contributed by atoms with van der Waals surface area (Å²) in [7, 11) is 0. The number of nitrogens with one attached hydrogen (secondary N) is 1. The molecule has 0 heterocycles. The van der Waals surface area contributed by atoms with Crippen molar-refractivity contribution in [3.05, 3.63) is 35.4 Å². The van der Waals surface area contributed by atoms with E-state index in [1.807, 2.05) is 0 Å². The van der Waals surface area contributed by atoms with Crippen molar-refractivity contribution in [2.45, 2.75) is 64.0 Å². The molecule has 0 aromatic heterocycles. The Balaban J connectivity index is 1.73. The van der Waals surface area contributed by atoms with Gasteiger partial charge in [0.2, 0.25) is 0 Å². The molecule has 2 aliphatic rings. The largest absolute Gasteiger partial charge is 0.376 e. The number of hydrogen-bond acceptors (Lipinski definition) is 2. The van der Waals surface area contributed by atoms with E-state index in [1.165, 1.54) is 36.8 Å². The van der Waals surface area contributed by atoms with Crippen LogP contribution in [0.15, 0.2) is 24.3 Å². The van der Waals surface area contributed by atoms with Crippen LogP contribution >= 0.6 is 0 Å². The van der Waals surface area contributed by atoms with E-state index in [0.717, 1.165) is 25.5 Å². The first-order valence-electron chi connectivity index (χ1n) is 8.73. The second kappa shape index (κ2) is 6.93. The van der Waals surface area contributed by atoms with Crippen LogP contribution in [-0.2, 0) is 4.74 Å². The fourth-order valence-corrected chi connectivity index (χ4v) is 4.12. The quantitative estimate of drug-likeness (QED) is 0.865. The van der Waals surface area contributed by atoms with E-state index in [4.69, 9.17) is 4.74 Å². The normalized spacial score (nSPS) is 29.5. The topological polar surface area (TPSA) is 21.3 Å². The molecule has 1 aromatic carbocycles. The Morgan fingerprint density at radius 3 is 2.57 bits per heavy atom. The van der Waals surface area contributed by atoms with Gasteiger partial charge in [0, 0.05) is 6.61 Å². The molecule has 2 aliphatic carbocycles. The van der Waals surface area contributed by atoms with Crippen molar-refractivity contribution in [3.8, 4) is 0 Å². The number of benzene rings is 1. The lowest BCUT2D eigenvalue weighted by Crippen LogP contribution is -2.39. The second-order valence-corrected chi connectivity index (χ2v) is 6.82. The minimum absolute atomic E-state index is 0.329. The van der Waals surface area contributed by atoms with Crippen molar-refractivity contribution in [1.29, 1.82) is 0 Å². The summed E-state index contributed by atoms with van der Waals surface area (Å²) in [5.74, 6) is 1.41. The van der Waals surface area contributed by atoms with Crippen molar-refractivity contribution < 1.29 is 4.74 Å². The van der Waals surface area contributed by atoms with Gasteiger partial charge in [-0.25, -0.2) is 0 Å². The fraction of sp³-hybridized carbons (Fsp3) is 0.684. The van der Waals surface area contributed by atoms with Gasteiger partial charge in [0.1, 0.15) is 0 Å². The average molecular weight is 287 g/mol. The van der Waals surface area contributed by atoms with Crippen molar-refractivity contribution in [3.63, 3.8) is 0 Å². The Bertz CT molecular complexity index is 453. The van der Waals surface area contributed by atoms with Gasteiger partial charge in [-0.05, 0) is 48.8 Å². The van der Waals surface area contributed by atoms with Gasteiger partial charge in [-0.3, -0.25) is 0 Å². The standard InChI is InChI=1S/C19H29NO/c1-3-20-19-17-11-7-6-10-16(17)14(2)12-18(19)21-13-15-8-4-5-9-15/h6-7,10-11,14-15,18-20H,3-5,8-9,12-13H2,1-2H3. The minimum Gasteiger partial charge on any atom is -0.376 e. The molecule has 3 unspecified atom stereocenters. The molecule has 1 aromatic rings. The van der Waals surface area contributed by atoms with Crippen LogP contribution in [0.25, 0.3) is 0 Å². The Morgan fingerprint density at radius 2 is 1.86 bits per heavy atom. The van der Waals surface area contributed by atoms with Crippen molar-refractivity contribution in [2.75, 3.05) is 13.2 Å². The average Bonchev–Trinajstić information content (AvgIpc) is 3.02. The van der Waals surface area contributed by atoms with Crippen LogP contribution in [0, 0.1) is 5.92 Å². The lowest BCUT2D eigenvalue weighted by atomic mass is 9.79. The fourth-order valence-electron chi connectivity index (χ4n) is 4.12. The third-order valence-corrected chi connectivity index (χ3v) is 5.26. The molecule has 2 nitrogen and oxygen atoms in total. The third-order valence-electron chi connectivity index (χ3n) is 5.26. The minimum atomic E-state index is 0.329. The maximum absolute atomic E-state index is 6.40. The maximum Gasteiger partial charge on any atom is 0.0775 e. The zero-order chi connectivity index (χ0) is 14.7. The van der Waals surface area contributed by atoms with Crippen molar-refractivity contribution in [1.82, 2.24) is 5.32 Å². The summed E-state index contributed by atoms with van der Waals surface area (Å²) in [5, 5.41) is 3.66. The van der Waals surface area contributed by atoms with Crippen LogP contribution in [0.4, 0.5) is 0 Å². The van der Waals surface area contributed by atoms with Gasteiger partial charge in [-0.15, -0.1) is 0 Å². The highest BCUT2D eigenvalue weighted by atomic mass is 16.5. The zero-order valence-corrected chi connectivity index (χ0v) is 13.5. The number of fused-ring (bicyclic) bond motifs is 1. The molecule has 21 heavy (non-hydrogen) atoms. The number of ether oxygens (including phenoxy) is 1. The van der Waals surface area contributed by atoms with Gasteiger partial charge in [0.05, 0.1) is 12.1 Å². The van der Waals surface area contributed by atoms with E-state index >= 15 is 0 Å². The first kappa shape index (κ1) is 15.1. The van der Waals surface area contributed by atoms with Crippen LogP contribution in [0.5, 0.6) is 0 Å². The first-order chi connectivity index (χ1) is 10.3. The summed E-state index contributed by atoms with van der Waals surface area (Å²) >= 11 is 0. The zero-order valence-electron chi connectivity index (χ0n) is 13.5. The van der Waals surface area contributed by atoms with Gasteiger partial charge in [0.15, 0.2) is 0 Å². The molecule has 0 bridgehead atoms. The smallest absolute Gasteiger partial charge is 0.0775 e. The van der Waals surface area contributed by atoms with Gasteiger partial charge >= 0.3 is 0 Å². The molecule has 3 atom stereocenters. The van der Waals surface area contributed by atoms with E-state index in [0.29, 0.717) is 18.1 Å². The van der Waals surface area contributed by atoms with E-state index in [1.54, 1.807) is 0 Å². The van der Waals surface area contributed by atoms with Crippen molar-refractivity contribution >= 4 is 0 Å². The molecule has 0 saturated heterocycles. The SMILES string of the molecule is CCNC1c2ccccc2C(C)CC1OCC1CCCC1. The Kier molecular flexibility index (Phi) is 4.97. The predicted molar refractivity (Wildman–Crippen MR) is 87.6 cm³/mol. The molecule has 1 saturated carbocycles. The molecule has 1 fully saturated rings. The van der Waals surface area contributed by atoms with E-state index in [-0.39, 0.29) is 0 Å². The Morgan fingerprint density at radius 1 is 1.14 bits per heavy atom. The predicted octanol–water partition coefficient (Wildman–Crippen LogP) is 4.42. The summed E-state index contributed by atoms with van der Waals surface area (Å²) in [5.41, 5.74) is 2.96. The number of hydrogen-bond donors (Lipinski definition) is 1. The molecule has 3 rings (SSSR count). The summed E-state index contributed by atoms with van der Waals surface area (Å²) in [6, 6.07) is 9.26. The highest BCUT2D eigenvalue weighted by Crippen LogP contribution is 2.39. The van der Waals surface area contributed by atoms with Crippen LogP contribution in [-0.4, -0.2) is 19.3 Å². The molecule has 116 valence electrons. The molecule has 0 aliphatic heterocycles. The molecule has 1 N–H and O–H groups in total. The molecule has 2 heteroatoms. The summed E-state index contributed by atoms with van der Waals surface area (Å²) in [6.45, 7) is 6.49. The van der Waals surface area contributed by atoms with Gasteiger partial charge in [-0.2, -0.15) is 0 Å². The number of rotatable bonds is 5. The van der Waals surface area contributed by atoms with Crippen molar-refractivity contribution in [2.24, 2.45) is 5.92 Å². The van der Waals surface area contributed by atoms with Crippen LogP contribution in [0.3, 0.4) is 0 Å². The maximum atomic E-state index is 6.40. The Hall–Kier alpha value is -0.860. The van der Waals surface area contributed by atoms with Gasteiger partial charge in [0.25, 0.3) is 0 Å². The Labute approximate surface area is 129 Å². The first-order valence-corrected chi connectivity index (χ1v) is 8.73. The van der Waals surface area contributed by atoms with Crippen LogP contribution in [0.1, 0.15) is 69.0 Å².